The van der Waals surface area contributed by atoms with Gasteiger partial charge in [-0.05, 0) is 50.6 Å². The molecule has 0 fully saturated rings. The maximum atomic E-state index is 14.0. The minimum Gasteiger partial charge on any atom is -0.493 e. The van der Waals surface area contributed by atoms with E-state index < -0.39 is 23.5 Å². The van der Waals surface area contributed by atoms with Crippen LogP contribution in [0.3, 0.4) is 0 Å². The number of nitrogens with zero attached hydrogens (tertiary/aromatic N) is 2. The molecule has 1 aliphatic heterocycles. The van der Waals surface area contributed by atoms with Crippen LogP contribution in [-0.4, -0.2) is 43.4 Å². The van der Waals surface area contributed by atoms with Crippen molar-refractivity contribution in [1.29, 1.82) is 0 Å². The van der Waals surface area contributed by atoms with Gasteiger partial charge in [-0.25, -0.2) is 14.6 Å². The van der Waals surface area contributed by atoms with Gasteiger partial charge in [0.25, 0.3) is 5.56 Å². The molecule has 0 spiro atoms. The van der Waals surface area contributed by atoms with Gasteiger partial charge in [0, 0.05) is 15.1 Å². The largest absolute Gasteiger partial charge is 0.493 e. The van der Waals surface area contributed by atoms with Crippen molar-refractivity contribution < 1.29 is 28.5 Å². The number of halogens is 2. The average Bonchev–Trinajstić information content (AvgIpc) is 3.21. The summed E-state index contributed by atoms with van der Waals surface area (Å²) in [5, 5.41) is 0.393. The number of benzene rings is 2. The van der Waals surface area contributed by atoms with Crippen molar-refractivity contribution in [3.05, 3.63) is 88.0 Å². The second-order valence-corrected chi connectivity index (χ2v) is 10.8. The molecule has 0 saturated heterocycles. The van der Waals surface area contributed by atoms with Crippen LogP contribution in [0.1, 0.15) is 37.9 Å². The molecule has 0 bridgehead atoms. The van der Waals surface area contributed by atoms with Gasteiger partial charge in [0.1, 0.15) is 6.04 Å². The molecule has 210 valence electrons. The Morgan fingerprint density at radius 1 is 1.18 bits per heavy atom. The number of fused-ring (bicyclic) bond motifs is 1. The first-order valence-corrected chi connectivity index (χ1v) is 14.3. The predicted molar refractivity (Wildman–Crippen MR) is 155 cm³/mol. The molecule has 2 heterocycles. The second kappa shape index (κ2) is 12.8. The number of hydrogen-bond donors (Lipinski definition) is 0. The van der Waals surface area contributed by atoms with Crippen molar-refractivity contribution in [2.45, 2.75) is 26.8 Å². The Morgan fingerprint density at radius 3 is 2.58 bits per heavy atom. The minimum atomic E-state index is -0.845. The molecule has 0 amide bonds. The van der Waals surface area contributed by atoms with E-state index in [1.807, 2.05) is 0 Å². The Labute approximate surface area is 247 Å². The van der Waals surface area contributed by atoms with Crippen LogP contribution >= 0.6 is 38.9 Å². The van der Waals surface area contributed by atoms with Crippen molar-refractivity contribution in [3.63, 3.8) is 0 Å². The van der Waals surface area contributed by atoms with Crippen LogP contribution in [0.2, 0.25) is 5.02 Å². The molecule has 1 aromatic heterocycles. The average molecular weight is 650 g/mol. The van der Waals surface area contributed by atoms with Gasteiger partial charge in [0.05, 0.1) is 36.1 Å². The van der Waals surface area contributed by atoms with Crippen molar-refractivity contribution in [2.24, 2.45) is 4.99 Å². The Morgan fingerprint density at radius 2 is 1.90 bits per heavy atom. The number of carbonyl (C=O) groups is 2. The lowest BCUT2D eigenvalue weighted by molar-refractivity contribution is -0.145. The molecule has 1 aliphatic rings. The Hall–Kier alpha value is -3.41. The van der Waals surface area contributed by atoms with E-state index in [9.17, 15) is 14.4 Å². The van der Waals surface area contributed by atoms with Gasteiger partial charge >= 0.3 is 11.9 Å². The molecule has 9 nitrogen and oxygen atoms in total. The van der Waals surface area contributed by atoms with E-state index in [-0.39, 0.29) is 31.1 Å². The summed E-state index contributed by atoms with van der Waals surface area (Å²) in [7, 11) is 1.47. The summed E-state index contributed by atoms with van der Waals surface area (Å²) in [6.07, 6.45) is 1.63. The number of aromatic nitrogens is 1. The van der Waals surface area contributed by atoms with Gasteiger partial charge < -0.3 is 18.9 Å². The zero-order valence-electron chi connectivity index (χ0n) is 22.2. The van der Waals surface area contributed by atoms with E-state index in [0.717, 1.165) is 11.3 Å². The molecule has 12 heteroatoms. The van der Waals surface area contributed by atoms with Crippen LogP contribution in [0.5, 0.6) is 11.5 Å². The van der Waals surface area contributed by atoms with Crippen molar-refractivity contribution in [3.8, 4) is 11.5 Å². The summed E-state index contributed by atoms with van der Waals surface area (Å²) in [6, 6.07) is 9.61. The van der Waals surface area contributed by atoms with E-state index in [1.165, 1.54) is 11.7 Å². The standard InChI is InChI=1S/C28H26BrClN2O7S/c1-5-37-22(33)14-39-25-16(11-17(29)13-20(25)36-4)12-21-26(34)32-24(18-9-7-8-10-19(18)30)23(27(35)38-6-2)15(3)31-28(32)40-21/h7-13,24H,5-6,14H2,1-4H3/b21-12-/t24-/m1/s1. The monoisotopic (exact) mass is 648 g/mol. The van der Waals surface area contributed by atoms with E-state index in [4.69, 9.17) is 30.5 Å². The van der Waals surface area contributed by atoms with Crippen LogP contribution in [0.15, 0.2) is 61.9 Å². The summed E-state index contributed by atoms with van der Waals surface area (Å²) in [6.45, 7) is 5.15. The number of ether oxygens (including phenoxy) is 4. The number of rotatable bonds is 9. The maximum Gasteiger partial charge on any atom is 0.344 e. The van der Waals surface area contributed by atoms with Gasteiger partial charge in [0.15, 0.2) is 22.9 Å². The molecular weight excluding hydrogens is 624 g/mol. The molecule has 4 rings (SSSR count). The third-order valence-corrected chi connectivity index (χ3v) is 7.70. The molecule has 1 atom stereocenters. The highest BCUT2D eigenvalue weighted by molar-refractivity contribution is 9.10. The molecule has 2 aromatic carbocycles. The third kappa shape index (κ3) is 6.01. The smallest absolute Gasteiger partial charge is 0.344 e. The van der Waals surface area contributed by atoms with E-state index in [1.54, 1.807) is 63.2 Å². The zero-order chi connectivity index (χ0) is 29.0. The number of allylic oxidation sites excluding steroid dienone is 1. The van der Waals surface area contributed by atoms with Crippen LogP contribution in [-0.2, 0) is 19.1 Å². The maximum absolute atomic E-state index is 14.0. The molecule has 3 aromatic rings. The van der Waals surface area contributed by atoms with Crippen LogP contribution in [0.25, 0.3) is 6.08 Å². The molecule has 0 saturated carbocycles. The summed E-state index contributed by atoms with van der Waals surface area (Å²) in [4.78, 5) is 44.0. The summed E-state index contributed by atoms with van der Waals surface area (Å²) < 4.78 is 24.0. The lowest BCUT2D eigenvalue weighted by atomic mass is 9.96. The molecular formula is C28H26BrClN2O7S. The lowest BCUT2D eigenvalue weighted by Gasteiger charge is -2.25. The SMILES string of the molecule is CCOC(=O)COc1c(/C=c2\sc3n(c2=O)[C@H](c2ccccc2Cl)C(C(=O)OCC)=C(C)N=3)cc(Br)cc1OC. The van der Waals surface area contributed by atoms with Gasteiger partial charge in [-0.15, -0.1) is 0 Å². The molecule has 40 heavy (non-hydrogen) atoms. The highest BCUT2D eigenvalue weighted by atomic mass is 79.9. The van der Waals surface area contributed by atoms with E-state index in [2.05, 4.69) is 20.9 Å². The molecule has 0 N–H and O–H groups in total. The van der Waals surface area contributed by atoms with E-state index in [0.29, 0.717) is 41.4 Å². The summed E-state index contributed by atoms with van der Waals surface area (Å²) >= 11 is 11.2. The number of methoxy groups -OCH3 is 1. The molecule has 0 unspecified atom stereocenters. The van der Waals surface area contributed by atoms with Crippen LogP contribution < -0.4 is 24.4 Å². The zero-order valence-corrected chi connectivity index (χ0v) is 25.3. The minimum absolute atomic E-state index is 0.161. The van der Waals surface area contributed by atoms with Crippen LogP contribution in [0.4, 0.5) is 0 Å². The quantitative estimate of drug-likeness (QED) is 0.321. The fraction of sp³-hybridized carbons (Fsp3) is 0.286. The van der Waals surface area contributed by atoms with Gasteiger partial charge in [-0.2, -0.15) is 0 Å². The van der Waals surface area contributed by atoms with Crippen molar-refractivity contribution in [1.82, 2.24) is 4.57 Å². The highest BCUT2D eigenvalue weighted by Crippen LogP contribution is 2.36. The van der Waals surface area contributed by atoms with Crippen molar-refractivity contribution >= 4 is 56.9 Å². The Bertz CT molecular complexity index is 1680. The fourth-order valence-corrected chi connectivity index (χ4v) is 5.99. The highest BCUT2D eigenvalue weighted by Gasteiger charge is 2.34. The van der Waals surface area contributed by atoms with Crippen molar-refractivity contribution in [2.75, 3.05) is 26.9 Å². The summed E-state index contributed by atoms with van der Waals surface area (Å²) in [5.74, 6) is -0.503. The number of carbonyl (C=O) groups excluding carboxylic acids is 2. The number of esters is 2. The first-order chi connectivity index (χ1) is 19.2. The topological polar surface area (TPSA) is 105 Å². The van der Waals surface area contributed by atoms with Gasteiger partial charge in [0.2, 0.25) is 0 Å². The van der Waals surface area contributed by atoms with Gasteiger partial charge in [-0.1, -0.05) is 57.1 Å². The lowest BCUT2D eigenvalue weighted by Crippen LogP contribution is -2.40. The fourth-order valence-electron chi connectivity index (χ4n) is 4.26. The summed E-state index contributed by atoms with van der Waals surface area (Å²) in [5.41, 5.74) is 1.32. The van der Waals surface area contributed by atoms with Gasteiger partial charge in [-0.3, -0.25) is 9.36 Å². The first-order valence-electron chi connectivity index (χ1n) is 12.3. The normalized spacial score (nSPS) is 14.8. The first kappa shape index (κ1) is 29.6. The third-order valence-electron chi connectivity index (χ3n) is 5.91. The van der Waals surface area contributed by atoms with E-state index >= 15 is 0 Å². The second-order valence-electron chi connectivity index (χ2n) is 8.44. The molecule has 0 aliphatic carbocycles. The Balaban J connectivity index is 1.93. The molecule has 0 radical (unpaired) electrons. The number of thiazole rings is 1. The predicted octanol–water partition coefficient (Wildman–Crippen LogP) is 4.16. The van der Waals surface area contributed by atoms with Crippen LogP contribution in [0, 0.1) is 0 Å². The Kier molecular flexibility index (Phi) is 9.49. The number of hydrogen-bond acceptors (Lipinski definition) is 9.